The van der Waals surface area contributed by atoms with Crippen LogP contribution >= 0.6 is 0 Å². The van der Waals surface area contributed by atoms with Gasteiger partial charge in [0.05, 0.1) is 25.9 Å². The number of hydrogen-bond acceptors (Lipinski definition) is 6. The predicted octanol–water partition coefficient (Wildman–Crippen LogP) is 6.02. The van der Waals surface area contributed by atoms with Gasteiger partial charge in [0.25, 0.3) is 5.56 Å². The van der Waals surface area contributed by atoms with Crippen LogP contribution in [-0.2, 0) is 38.6 Å². The summed E-state index contributed by atoms with van der Waals surface area (Å²) < 4.78 is 28.0. The van der Waals surface area contributed by atoms with Gasteiger partial charge in [-0.15, -0.1) is 0 Å². The molecule has 0 radical (unpaired) electrons. The van der Waals surface area contributed by atoms with Crippen LogP contribution in [0.15, 0.2) is 76.4 Å². The summed E-state index contributed by atoms with van der Waals surface area (Å²) in [4.78, 5) is 26.5. The van der Waals surface area contributed by atoms with Crippen molar-refractivity contribution in [3.05, 3.63) is 104 Å². The molecule has 0 aliphatic carbocycles. The third kappa shape index (κ3) is 7.38. The highest BCUT2D eigenvalue weighted by Gasteiger charge is 2.45. The van der Waals surface area contributed by atoms with Crippen molar-refractivity contribution in [1.29, 1.82) is 0 Å². The van der Waals surface area contributed by atoms with E-state index in [1.54, 1.807) is 13.1 Å². The van der Waals surface area contributed by atoms with Gasteiger partial charge in [0.15, 0.2) is 8.32 Å². The molecule has 1 saturated heterocycles. The monoisotopic (exact) mass is 594 g/mol. The summed E-state index contributed by atoms with van der Waals surface area (Å²) in [6, 6.07) is 19.7. The minimum atomic E-state index is -2.12. The zero-order valence-electron chi connectivity index (χ0n) is 26.0. The molecular weight excluding hydrogens is 548 g/mol. The molecule has 0 N–H and O–H groups in total. The molecule has 8 nitrogen and oxygen atoms in total. The molecule has 1 fully saturated rings. The fourth-order valence-electron chi connectivity index (χ4n) is 5.05. The Morgan fingerprint density at radius 2 is 1.57 bits per heavy atom. The third-order valence-electron chi connectivity index (χ3n) is 9.10. The standard InChI is InChI=1S/C33H46N2O6Si/c1-24(2)33(4,5)42(6,7)40-22-29-28(39-21-27-16-12-9-13-17-27)18-30(41-29)34-19-25(3)31(36)35(32(34)37)23-38-20-26-14-10-8-11-15-26/h8-17,19,24,28-30H,18,20-23H2,1-7H3/t28-,29+,30+/m0/s1. The normalized spacial score (nSPS) is 19.5. The molecule has 2 heterocycles. The van der Waals surface area contributed by atoms with E-state index in [9.17, 15) is 9.59 Å². The number of aromatic nitrogens is 2. The Hall–Kier alpha value is -2.82. The average molecular weight is 595 g/mol. The van der Waals surface area contributed by atoms with Crippen molar-refractivity contribution in [1.82, 2.24) is 9.13 Å². The highest BCUT2D eigenvalue weighted by Crippen LogP contribution is 2.45. The molecule has 0 saturated carbocycles. The van der Waals surface area contributed by atoms with E-state index in [0.29, 0.717) is 37.7 Å². The van der Waals surface area contributed by atoms with Gasteiger partial charge in [-0.25, -0.2) is 9.36 Å². The second-order valence-electron chi connectivity index (χ2n) is 12.6. The molecule has 228 valence electrons. The number of benzene rings is 2. The zero-order chi connectivity index (χ0) is 30.5. The number of ether oxygens (including phenoxy) is 3. The summed E-state index contributed by atoms with van der Waals surface area (Å²) in [5.74, 6) is 0.466. The van der Waals surface area contributed by atoms with Crippen molar-refractivity contribution in [3.63, 3.8) is 0 Å². The fraction of sp³-hybridized carbons (Fsp3) is 0.515. The molecule has 4 rings (SSSR count). The van der Waals surface area contributed by atoms with Crippen molar-refractivity contribution in [3.8, 4) is 0 Å². The molecule has 0 amide bonds. The maximum Gasteiger partial charge on any atom is 0.335 e. The maximum atomic E-state index is 13.6. The third-order valence-corrected chi connectivity index (χ3v) is 13.7. The van der Waals surface area contributed by atoms with Gasteiger partial charge in [0, 0.05) is 18.2 Å². The maximum absolute atomic E-state index is 13.6. The molecule has 0 unspecified atom stereocenters. The SMILES string of the molecule is Cc1cn([C@H]2C[C@H](OCc3ccccc3)[C@@H](CO[Si](C)(C)C(C)(C)C(C)C)O2)c(=O)n(COCc2ccccc2)c1=O. The Bertz CT molecular complexity index is 1420. The topological polar surface area (TPSA) is 80.9 Å². The smallest absolute Gasteiger partial charge is 0.335 e. The minimum absolute atomic E-state index is 0.0503. The Balaban J connectivity index is 1.54. The van der Waals surface area contributed by atoms with Crippen molar-refractivity contribution in [2.45, 2.75) is 97.6 Å². The van der Waals surface area contributed by atoms with E-state index in [2.05, 4.69) is 40.8 Å². The largest absolute Gasteiger partial charge is 0.414 e. The lowest BCUT2D eigenvalue weighted by molar-refractivity contribution is -0.0643. The Labute approximate surface area is 250 Å². The van der Waals surface area contributed by atoms with Crippen LogP contribution in [0.1, 0.15) is 57.0 Å². The summed E-state index contributed by atoms with van der Waals surface area (Å²) in [7, 11) is -2.12. The molecule has 1 aromatic heterocycles. The molecule has 3 atom stereocenters. The van der Waals surface area contributed by atoms with Crippen LogP contribution in [0.2, 0.25) is 18.1 Å². The lowest BCUT2D eigenvalue weighted by Gasteiger charge is -2.43. The molecule has 3 aromatic rings. The first-order valence-electron chi connectivity index (χ1n) is 14.8. The van der Waals surface area contributed by atoms with E-state index in [1.807, 2.05) is 60.7 Å². The summed E-state index contributed by atoms with van der Waals surface area (Å²) in [6.45, 7) is 16.2. The van der Waals surface area contributed by atoms with Gasteiger partial charge < -0.3 is 18.6 Å². The molecule has 0 spiro atoms. The van der Waals surface area contributed by atoms with Gasteiger partial charge >= 0.3 is 5.69 Å². The molecule has 9 heteroatoms. The lowest BCUT2D eigenvalue weighted by atomic mass is 9.99. The van der Waals surface area contributed by atoms with Gasteiger partial charge in [-0.05, 0) is 42.1 Å². The van der Waals surface area contributed by atoms with Crippen LogP contribution < -0.4 is 11.2 Å². The summed E-state index contributed by atoms with van der Waals surface area (Å²) >= 11 is 0. The average Bonchev–Trinajstić information content (AvgIpc) is 3.38. The van der Waals surface area contributed by atoms with Crippen molar-refractivity contribution < 1.29 is 18.6 Å². The Morgan fingerprint density at radius 1 is 0.976 bits per heavy atom. The zero-order valence-corrected chi connectivity index (χ0v) is 27.0. The van der Waals surface area contributed by atoms with Gasteiger partial charge in [-0.3, -0.25) is 9.36 Å². The first kappa shape index (κ1) is 32.1. The Morgan fingerprint density at radius 3 is 2.17 bits per heavy atom. The molecule has 0 bridgehead atoms. The highest BCUT2D eigenvalue weighted by atomic mass is 28.4. The van der Waals surface area contributed by atoms with Crippen molar-refractivity contribution >= 4 is 8.32 Å². The number of aryl methyl sites for hydroxylation is 1. The Kier molecular flexibility index (Phi) is 10.4. The van der Waals surface area contributed by atoms with E-state index in [0.717, 1.165) is 15.7 Å². The van der Waals surface area contributed by atoms with Crippen LogP contribution in [0.25, 0.3) is 0 Å². The van der Waals surface area contributed by atoms with E-state index in [4.69, 9.17) is 18.6 Å². The second kappa shape index (κ2) is 13.6. The van der Waals surface area contributed by atoms with E-state index >= 15 is 0 Å². The molecule has 42 heavy (non-hydrogen) atoms. The quantitative estimate of drug-likeness (QED) is 0.225. The van der Waals surface area contributed by atoms with Crippen molar-refractivity contribution in [2.24, 2.45) is 5.92 Å². The van der Waals surface area contributed by atoms with Crippen LogP contribution in [0.3, 0.4) is 0 Å². The van der Waals surface area contributed by atoms with Crippen LogP contribution in [0.5, 0.6) is 0 Å². The van der Waals surface area contributed by atoms with Crippen LogP contribution in [0, 0.1) is 12.8 Å². The number of hydrogen-bond donors (Lipinski definition) is 0. The lowest BCUT2D eigenvalue weighted by Crippen LogP contribution is -2.47. The second-order valence-corrected chi connectivity index (χ2v) is 17.2. The van der Waals surface area contributed by atoms with E-state index < -0.39 is 20.2 Å². The summed E-state index contributed by atoms with van der Waals surface area (Å²) in [5, 5.41) is 0.0503. The summed E-state index contributed by atoms with van der Waals surface area (Å²) in [5.41, 5.74) is 1.63. The predicted molar refractivity (Wildman–Crippen MR) is 167 cm³/mol. The van der Waals surface area contributed by atoms with Crippen LogP contribution in [0.4, 0.5) is 0 Å². The van der Waals surface area contributed by atoms with Gasteiger partial charge in [0.1, 0.15) is 19.1 Å². The van der Waals surface area contributed by atoms with E-state index in [1.165, 1.54) is 4.57 Å². The first-order chi connectivity index (χ1) is 19.9. The van der Waals surface area contributed by atoms with E-state index in [-0.39, 0.29) is 29.5 Å². The summed E-state index contributed by atoms with van der Waals surface area (Å²) in [6.07, 6.45) is 0.786. The fourth-order valence-corrected chi connectivity index (χ4v) is 7.40. The molecule has 2 aromatic carbocycles. The number of nitrogens with zero attached hydrogens (tertiary/aromatic N) is 2. The highest BCUT2D eigenvalue weighted by molar-refractivity contribution is 6.74. The molecule has 1 aliphatic heterocycles. The van der Waals surface area contributed by atoms with Gasteiger partial charge in [-0.1, -0.05) is 88.4 Å². The minimum Gasteiger partial charge on any atom is -0.414 e. The van der Waals surface area contributed by atoms with Crippen LogP contribution in [-0.4, -0.2) is 36.3 Å². The van der Waals surface area contributed by atoms with Gasteiger partial charge in [-0.2, -0.15) is 0 Å². The molecular formula is C33H46N2O6Si. The number of rotatable bonds is 13. The molecule has 1 aliphatic rings. The first-order valence-corrected chi connectivity index (χ1v) is 17.7. The van der Waals surface area contributed by atoms with Gasteiger partial charge in [0.2, 0.25) is 0 Å². The van der Waals surface area contributed by atoms with Crippen molar-refractivity contribution in [2.75, 3.05) is 6.61 Å².